The summed E-state index contributed by atoms with van der Waals surface area (Å²) in [5, 5.41) is 0.301. The number of anilines is 1. The van der Waals surface area contributed by atoms with E-state index in [0.717, 1.165) is 0 Å². The highest BCUT2D eigenvalue weighted by Gasteiger charge is 2.53. The predicted octanol–water partition coefficient (Wildman–Crippen LogP) is 5.23. The Kier molecular flexibility index (Phi) is 8.06. The number of hydrogen-bond acceptors (Lipinski definition) is 7. The molecule has 1 aliphatic heterocycles. The molecule has 8 nitrogen and oxygen atoms in total. The second kappa shape index (κ2) is 11.3. The van der Waals surface area contributed by atoms with Crippen LogP contribution >= 0.6 is 11.6 Å². The molecule has 2 atom stereocenters. The number of esters is 1. The van der Waals surface area contributed by atoms with Crippen LogP contribution in [0.4, 0.5) is 5.69 Å². The number of halogens is 1. The number of nitrogens with zero attached hydrogens (tertiary/aromatic N) is 1. The van der Waals surface area contributed by atoms with E-state index < -0.39 is 47.6 Å². The average molecular weight is 550 g/mol. The Morgan fingerprint density at radius 3 is 2.23 bits per heavy atom. The molecular weight excluding hydrogens is 522 g/mol. The quantitative estimate of drug-likeness (QED) is 0.164. The van der Waals surface area contributed by atoms with Crippen molar-refractivity contribution in [3.8, 4) is 11.5 Å². The van der Waals surface area contributed by atoms with Gasteiger partial charge in [-0.3, -0.25) is 19.3 Å². The number of carbonyl (C=O) groups is 4. The third-order valence-electron chi connectivity index (χ3n) is 6.06. The molecule has 0 spiro atoms. The lowest BCUT2D eigenvalue weighted by atomic mass is 9.86. The molecule has 0 N–H and O–H groups in total. The van der Waals surface area contributed by atoms with Crippen LogP contribution in [0.25, 0.3) is 0 Å². The Bertz CT molecular complexity index is 1400. The molecule has 0 bridgehead atoms. The number of amides is 1. The maximum atomic E-state index is 13.7. The van der Waals surface area contributed by atoms with Crippen molar-refractivity contribution in [2.45, 2.75) is 32.4 Å². The van der Waals surface area contributed by atoms with Gasteiger partial charge in [-0.2, -0.15) is 0 Å². The molecule has 0 saturated carbocycles. The fourth-order valence-electron chi connectivity index (χ4n) is 4.44. The van der Waals surface area contributed by atoms with Gasteiger partial charge in [0.15, 0.2) is 12.4 Å². The van der Waals surface area contributed by atoms with E-state index in [2.05, 4.69) is 0 Å². The Balaban J connectivity index is 1.82. The maximum absolute atomic E-state index is 13.7. The normalized spacial score (nSPS) is 17.2. The van der Waals surface area contributed by atoms with E-state index >= 15 is 0 Å². The fraction of sp³-hybridized carbons (Fsp3) is 0.267. The van der Waals surface area contributed by atoms with Crippen LogP contribution in [0.1, 0.15) is 42.7 Å². The van der Waals surface area contributed by atoms with Crippen molar-refractivity contribution in [3.05, 3.63) is 88.9 Å². The van der Waals surface area contributed by atoms with Gasteiger partial charge in [-0.15, -0.1) is 0 Å². The van der Waals surface area contributed by atoms with Crippen molar-refractivity contribution in [1.29, 1.82) is 0 Å². The summed E-state index contributed by atoms with van der Waals surface area (Å²) in [6.45, 7) is 4.76. The minimum Gasteiger partial charge on any atom is -0.497 e. The Hall–Kier alpha value is -4.17. The first-order valence-electron chi connectivity index (χ1n) is 12.2. The van der Waals surface area contributed by atoms with E-state index in [4.69, 9.17) is 25.8 Å². The van der Waals surface area contributed by atoms with Gasteiger partial charge in [0, 0.05) is 21.8 Å². The van der Waals surface area contributed by atoms with Crippen molar-refractivity contribution in [3.63, 3.8) is 0 Å². The highest BCUT2D eigenvalue weighted by molar-refractivity contribution is 6.49. The largest absolute Gasteiger partial charge is 0.497 e. The molecular formula is C30H28ClNO7. The van der Waals surface area contributed by atoms with Gasteiger partial charge in [0.2, 0.25) is 5.78 Å². The van der Waals surface area contributed by atoms with Gasteiger partial charge < -0.3 is 14.2 Å². The van der Waals surface area contributed by atoms with Crippen molar-refractivity contribution < 1.29 is 33.4 Å². The fourth-order valence-corrected chi connectivity index (χ4v) is 4.60. The third-order valence-corrected chi connectivity index (χ3v) is 6.29. The molecule has 202 valence electrons. The lowest BCUT2D eigenvalue weighted by molar-refractivity contribution is -0.157. The number of benzene rings is 3. The second-order valence-electron chi connectivity index (χ2n) is 9.95. The summed E-state index contributed by atoms with van der Waals surface area (Å²) in [7, 11) is 1.51. The lowest BCUT2D eigenvalue weighted by Crippen LogP contribution is -2.31. The van der Waals surface area contributed by atoms with E-state index in [1.807, 2.05) is 0 Å². The van der Waals surface area contributed by atoms with Crippen LogP contribution in [0.2, 0.25) is 5.02 Å². The number of rotatable bonds is 8. The summed E-state index contributed by atoms with van der Waals surface area (Å²) in [5.41, 5.74) is 0.290. The molecule has 9 heteroatoms. The van der Waals surface area contributed by atoms with Gasteiger partial charge >= 0.3 is 5.97 Å². The zero-order valence-corrected chi connectivity index (χ0v) is 22.7. The Labute approximate surface area is 231 Å². The molecule has 4 rings (SSSR count). The van der Waals surface area contributed by atoms with E-state index in [-0.39, 0.29) is 11.3 Å². The molecule has 0 aromatic heterocycles. The summed E-state index contributed by atoms with van der Waals surface area (Å²) >= 11 is 6.26. The first-order chi connectivity index (χ1) is 18.5. The van der Waals surface area contributed by atoms with Crippen LogP contribution in [0.5, 0.6) is 11.5 Å². The molecule has 39 heavy (non-hydrogen) atoms. The van der Waals surface area contributed by atoms with Gasteiger partial charge in [-0.25, -0.2) is 4.79 Å². The number of ketones is 2. The van der Waals surface area contributed by atoms with Gasteiger partial charge in [-0.05, 0) is 57.2 Å². The minimum absolute atomic E-state index is 0.144. The van der Waals surface area contributed by atoms with Crippen molar-refractivity contribution >= 4 is 40.7 Å². The highest BCUT2D eigenvalue weighted by atomic mass is 35.5. The summed E-state index contributed by atoms with van der Waals surface area (Å²) in [6, 6.07) is 18.4. The summed E-state index contributed by atoms with van der Waals surface area (Å²) in [4.78, 5) is 54.2. The van der Waals surface area contributed by atoms with Crippen LogP contribution < -0.4 is 14.4 Å². The van der Waals surface area contributed by atoms with Gasteiger partial charge in [0.05, 0.1) is 13.2 Å². The highest BCUT2D eigenvalue weighted by Crippen LogP contribution is 2.45. The van der Waals surface area contributed by atoms with Gasteiger partial charge in [-0.1, -0.05) is 48.0 Å². The van der Waals surface area contributed by atoms with E-state index in [9.17, 15) is 19.2 Å². The molecule has 1 saturated heterocycles. The molecule has 1 aliphatic rings. The maximum Gasteiger partial charge on any atom is 0.344 e. The summed E-state index contributed by atoms with van der Waals surface area (Å²) in [5.74, 6) is -3.49. The topological polar surface area (TPSA) is 99.2 Å². The molecule has 1 amide bonds. The SMILES string of the molecule is COc1ccc(N2C(=O)C(=O)C(C(=O)c3ccccc3)C2c2ccc(Cl)cc2OCC(=O)OC(C)(C)C)cc1. The molecule has 0 aliphatic carbocycles. The number of carbonyl (C=O) groups excluding carboxylic acids is 4. The van der Waals surface area contributed by atoms with Crippen molar-refractivity contribution in [2.75, 3.05) is 18.6 Å². The van der Waals surface area contributed by atoms with Crippen LogP contribution in [-0.4, -0.2) is 42.8 Å². The van der Waals surface area contributed by atoms with Gasteiger partial charge in [0.25, 0.3) is 5.91 Å². The molecule has 0 radical (unpaired) electrons. The Morgan fingerprint density at radius 1 is 0.949 bits per heavy atom. The number of hydrogen-bond donors (Lipinski definition) is 0. The molecule has 3 aromatic rings. The van der Waals surface area contributed by atoms with E-state index in [1.54, 1.807) is 87.5 Å². The smallest absolute Gasteiger partial charge is 0.344 e. The minimum atomic E-state index is -1.37. The van der Waals surface area contributed by atoms with Crippen LogP contribution in [0.15, 0.2) is 72.8 Å². The molecule has 3 aromatic carbocycles. The average Bonchev–Trinajstić information content (AvgIpc) is 3.16. The molecule has 2 unspecified atom stereocenters. The van der Waals surface area contributed by atoms with Gasteiger partial charge in [0.1, 0.15) is 23.0 Å². The summed E-state index contributed by atoms with van der Waals surface area (Å²) in [6.07, 6.45) is 0. The van der Waals surface area contributed by atoms with E-state index in [1.165, 1.54) is 18.1 Å². The number of ether oxygens (including phenoxy) is 3. The zero-order chi connectivity index (χ0) is 28.3. The molecule has 1 heterocycles. The Morgan fingerprint density at radius 2 is 1.62 bits per heavy atom. The standard InChI is InChI=1S/C30H28ClNO7/c1-30(2,3)39-24(33)17-38-23-16-19(31)10-15-22(23)26-25(27(34)18-8-6-5-7-9-18)28(35)29(36)32(26)20-11-13-21(37-4)14-12-20/h5-16,25-26H,17H2,1-4H3. The predicted molar refractivity (Wildman–Crippen MR) is 145 cm³/mol. The summed E-state index contributed by atoms with van der Waals surface area (Å²) < 4.78 is 16.4. The third kappa shape index (κ3) is 6.12. The first-order valence-corrected chi connectivity index (χ1v) is 12.6. The van der Waals surface area contributed by atoms with Crippen molar-refractivity contribution in [1.82, 2.24) is 0 Å². The second-order valence-corrected chi connectivity index (χ2v) is 10.4. The van der Waals surface area contributed by atoms with Crippen molar-refractivity contribution in [2.24, 2.45) is 5.92 Å². The van der Waals surface area contributed by atoms with Crippen LogP contribution in [0, 0.1) is 5.92 Å². The monoisotopic (exact) mass is 549 g/mol. The van der Waals surface area contributed by atoms with Crippen LogP contribution in [-0.2, 0) is 19.1 Å². The lowest BCUT2D eigenvalue weighted by Gasteiger charge is -2.29. The zero-order valence-electron chi connectivity index (χ0n) is 22.0. The molecule has 1 fully saturated rings. The van der Waals surface area contributed by atoms with Crippen LogP contribution in [0.3, 0.4) is 0 Å². The number of methoxy groups -OCH3 is 1. The first kappa shape index (κ1) is 27.9. The van der Waals surface area contributed by atoms with E-state index in [0.29, 0.717) is 22.0 Å². The number of Topliss-reactive ketones (excluding diaryl/α,β-unsaturated/α-hetero) is 2.